The van der Waals surface area contributed by atoms with Crippen molar-refractivity contribution in [1.29, 1.82) is 0 Å². The molecular formula is C20H23FN2O. The lowest BCUT2D eigenvalue weighted by atomic mass is 9.93. The molecule has 0 saturated carbocycles. The summed E-state index contributed by atoms with van der Waals surface area (Å²) in [5.41, 5.74) is 3.26. The van der Waals surface area contributed by atoms with Gasteiger partial charge < -0.3 is 5.32 Å². The van der Waals surface area contributed by atoms with Crippen LogP contribution in [0.15, 0.2) is 48.5 Å². The molecule has 2 aromatic rings. The van der Waals surface area contributed by atoms with E-state index in [0.717, 1.165) is 24.1 Å². The first-order valence-electron chi connectivity index (χ1n) is 8.41. The average molecular weight is 326 g/mol. The van der Waals surface area contributed by atoms with Gasteiger partial charge in [-0.25, -0.2) is 4.39 Å². The topological polar surface area (TPSA) is 32.3 Å². The summed E-state index contributed by atoms with van der Waals surface area (Å²) in [5.74, 6) is -0.220. The number of halogens is 1. The summed E-state index contributed by atoms with van der Waals surface area (Å²) >= 11 is 0. The van der Waals surface area contributed by atoms with Crippen LogP contribution >= 0.6 is 0 Å². The fourth-order valence-corrected chi connectivity index (χ4v) is 3.35. The Hall–Kier alpha value is -2.20. The minimum Gasteiger partial charge on any atom is -0.348 e. The standard InChI is InChI=1S/C20H23FN2O/c1-14(16-6-4-3-5-7-16)22-20(24)13-23-11-10-17-8-9-18(21)12-19(17)15(23)2/h3-9,12,14-15H,10-11,13H2,1-2H3,(H,22,24). The van der Waals surface area contributed by atoms with E-state index in [1.807, 2.05) is 50.2 Å². The molecule has 24 heavy (non-hydrogen) atoms. The van der Waals surface area contributed by atoms with Crippen molar-refractivity contribution >= 4 is 5.91 Å². The number of amides is 1. The molecule has 126 valence electrons. The molecule has 0 fully saturated rings. The molecule has 0 bridgehead atoms. The largest absolute Gasteiger partial charge is 0.348 e. The molecule has 1 heterocycles. The number of carbonyl (C=O) groups is 1. The van der Waals surface area contributed by atoms with Crippen LogP contribution in [0, 0.1) is 5.82 Å². The molecule has 0 spiro atoms. The Morgan fingerprint density at radius 1 is 1.29 bits per heavy atom. The van der Waals surface area contributed by atoms with Crippen molar-refractivity contribution in [3.8, 4) is 0 Å². The molecule has 1 aliphatic rings. The molecule has 3 rings (SSSR count). The van der Waals surface area contributed by atoms with E-state index < -0.39 is 0 Å². The Morgan fingerprint density at radius 2 is 2.04 bits per heavy atom. The van der Waals surface area contributed by atoms with Crippen molar-refractivity contribution < 1.29 is 9.18 Å². The highest BCUT2D eigenvalue weighted by Crippen LogP contribution is 2.29. The zero-order valence-electron chi connectivity index (χ0n) is 14.1. The maximum Gasteiger partial charge on any atom is 0.234 e. The molecule has 1 N–H and O–H groups in total. The van der Waals surface area contributed by atoms with Gasteiger partial charge in [0.25, 0.3) is 0 Å². The Kier molecular flexibility index (Phi) is 4.95. The molecule has 0 radical (unpaired) electrons. The van der Waals surface area contributed by atoms with Crippen LogP contribution < -0.4 is 5.32 Å². The van der Waals surface area contributed by atoms with Crippen LogP contribution in [0.5, 0.6) is 0 Å². The van der Waals surface area contributed by atoms with E-state index in [-0.39, 0.29) is 23.8 Å². The summed E-state index contributed by atoms with van der Waals surface area (Å²) in [6.45, 7) is 5.16. The number of nitrogens with one attached hydrogen (secondary N) is 1. The van der Waals surface area contributed by atoms with Crippen molar-refractivity contribution in [1.82, 2.24) is 10.2 Å². The molecule has 2 atom stereocenters. The zero-order valence-corrected chi connectivity index (χ0v) is 14.1. The predicted octanol–water partition coefficient (Wildman–Crippen LogP) is 3.62. The second-order valence-corrected chi connectivity index (χ2v) is 6.44. The van der Waals surface area contributed by atoms with Crippen LogP contribution in [0.1, 0.15) is 42.6 Å². The molecule has 3 nitrogen and oxygen atoms in total. The Morgan fingerprint density at radius 3 is 2.79 bits per heavy atom. The third-order valence-electron chi connectivity index (χ3n) is 4.80. The first kappa shape index (κ1) is 16.7. The highest BCUT2D eigenvalue weighted by atomic mass is 19.1. The van der Waals surface area contributed by atoms with Gasteiger partial charge >= 0.3 is 0 Å². The Balaban J connectivity index is 1.63. The normalized spacial score (nSPS) is 18.7. The fourth-order valence-electron chi connectivity index (χ4n) is 3.35. The molecule has 0 saturated heterocycles. The van der Waals surface area contributed by atoms with E-state index in [2.05, 4.69) is 10.2 Å². The molecule has 4 heteroatoms. The van der Waals surface area contributed by atoms with Crippen LogP contribution in [-0.2, 0) is 11.2 Å². The molecular weight excluding hydrogens is 303 g/mol. The zero-order chi connectivity index (χ0) is 17.1. The highest BCUT2D eigenvalue weighted by Gasteiger charge is 2.26. The van der Waals surface area contributed by atoms with E-state index in [1.54, 1.807) is 6.07 Å². The monoisotopic (exact) mass is 326 g/mol. The lowest BCUT2D eigenvalue weighted by Crippen LogP contribution is -2.42. The fraction of sp³-hybridized carbons (Fsp3) is 0.350. The maximum absolute atomic E-state index is 13.5. The molecule has 0 aliphatic carbocycles. The molecule has 0 aromatic heterocycles. The third-order valence-corrected chi connectivity index (χ3v) is 4.80. The summed E-state index contributed by atoms with van der Waals surface area (Å²) in [6.07, 6.45) is 0.849. The number of fused-ring (bicyclic) bond motifs is 1. The summed E-state index contributed by atoms with van der Waals surface area (Å²) in [5, 5.41) is 3.04. The first-order valence-corrected chi connectivity index (χ1v) is 8.41. The van der Waals surface area contributed by atoms with Gasteiger partial charge in [0.15, 0.2) is 0 Å². The lowest BCUT2D eigenvalue weighted by Gasteiger charge is -2.35. The average Bonchev–Trinajstić information content (AvgIpc) is 2.58. The van der Waals surface area contributed by atoms with E-state index in [9.17, 15) is 9.18 Å². The van der Waals surface area contributed by atoms with Crippen LogP contribution in [-0.4, -0.2) is 23.9 Å². The highest BCUT2D eigenvalue weighted by molar-refractivity contribution is 5.78. The quantitative estimate of drug-likeness (QED) is 0.931. The number of hydrogen-bond donors (Lipinski definition) is 1. The second-order valence-electron chi connectivity index (χ2n) is 6.44. The summed E-state index contributed by atoms with van der Waals surface area (Å²) in [6, 6.07) is 14.9. The van der Waals surface area contributed by atoms with Gasteiger partial charge in [0, 0.05) is 12.6 Å². The molecule has 1 amide bonds. The lowest BCUT2D eigenvalue weighted by molar-refractivity contribution is -0.123. The number of hydrogen-bond acceptors (Lipinski definition) is 2. The minimum atomic E-state index is -0.218. The van der Waals surface area contributed by atoms with Gasteiger partial charge in [0.05, 0.1) is 12.6 Å². The van der Waals surface area contributed by atoms with Gasteiger partial charge in [-0.05, 0) is 49.1 Å². The second kappa shape index (κ2) is 7.14. The van der Waals surface area contributed by atoms with Gasteiger partial charge in [-0.3, -0.25) is 9.69 Å². The van der Waals surface area contributed by atoms with E-state index >= 15 is 0 Å². The van der Waals surface area contributed by atoms with Crippen molar-refractivity contribution in [3.05, 3.63) is 71.0 Å². The van der Waals surface area contributed by atoms with E-state index in [1.165, 1.54) is 11.6 Å². The smallest absolute Gasteiger partial charge is 0.234 e. The number of rotatable bonds is 4. The summed E-state index contributed by atoms with van der Waals surface area (Å²) < 4.78 is 13.5. The maximum atomic E-state index is 13.5. The third kappa shape index (κ3) is 3.65. The Labute approximate surface area is 142 Å². The van der Waals surface area contributed by atoms with Gasteiger partial charge in [0.1, 0.15) is 5.82 Å². The summed E-state index contributed by atoms with van der Waals surface area (Å²) in [4.78, 5) is 14.5. The summed E-state index contributed by atoms with van der Waals surface area (Å²) in [7, 11) is 0. The number of benzene rings is 2. The van der Waals surface area contributed by atoms with Crippen molar-refractivity contribution in [2.24, 2.45) is 0 Å². The number of carbonyl (C=O) groups excluding carboxylic acids is 1. The van der Waals surface area contributed by atoms with E-state index in [4.69, 9.17) is 0 Å². The minimum absolute atomic E-state index is 0.00180. The van der Waals surface area contributed by atoms with Gasteiger partial charge in [-0.15, -0.1) is 0 Å². The van der Waals surface area contributed by atoms with E-state index in [0.29, 0.717) is 6.54 Å². The van der Waals surface area contributed by atoms with Gasteiger partial charge in [0.2, 0.25) is 5.91 Å². The first-order chi connectivity index (χ1) is 11.5. The van der Waals surface area contributed by atoms with Crippen molar-refractivity contribution in [3.63, 3.8) is 0 Å². The van der Waals surface area contributed by atoms with Crippen molar-refractivity contribution in [2.75, 3.05) is 13.1 Å². The van der Waals surface area contributed by atoms with Gasteiger partial charge in [-0.2, -0.15) is 0 Å². The SMILES string of the molecule is CC(NC(=O)CN1CCc2ccc(F)cc2C1C)c1ccccc1. The van der Waals surface area contributed by atoms with Crippen LogP contribution in [0.2, 0.25) is 0 Å². The van der Waals surface area contributed by atoms with Crippen LogP contribution in [0.25, 0.3) is 0 Å². The van der Waals surface area contributed by atoms with Crippen molar-refractivity contribution in [2.45, 2.75) is 32.4 Å². The molecule has 2 aromatic carbocycles. The Bertz CT molecular complexity index is 717. The predicted molar refractivity (Wildman–Crippen MR) is 93.1 cm³/mol. The number of nitrogens with zero attached hydrogens (tertiary/aromatic N) is 1. The molecule has 2 unspecified atom stereocenters. The van der Waals surface area contributed by atoms with Crippen LogP contribution in [0.3, 0.4) is 0 Å². The molecule has 1 aliphatic heterocycles. The van der Waals surface area contributed by atoms with Gasteiger partial charge in [-0.1, -0.05) is 36.4 Å². The van der Waals surface area contributed by atoms with Crippen LogP contribution in [0.4, 0.5) is 4.39 Å².